The quantitative estimate of drug-likeness (QED) is 0.447. The van der Waals surface area contributed by atoms with Gasteiger partial charge in [-0.15, -0.1) is 0 Å². The fourth-order valence-corrected chi connectivity index (χ4v) is 5.79. The summed E-state index contributed by atoms with van der Waals surface area (Å²) in [5.74, 6) is 1.06. The summed E-state index contributed by atoms with van der Waals surface area (Å²) in [5, 5.41) is 3.35. The van der Waals surface area contributed by atoms with Crippen molar-refractivity contribution in [1.29, 1.82) is 0 Å². The van der Waals surface area contributed by atoms with E-state index in [1.807, 2.05) is 11.3 Å². The van der Waals surface area contributed by atoms with Crippen molar-refractivity contribution in [2.24, 2.45) is 0 Å². The fourth-order valence-electron chi connectivity index (χ4n) is 5.79. The Hall–Kier alpha value is -3.18. The maximum Gasteiger partial charge on any atom is 0.416 e. The lowest BCUT2D eigenvalue weighted by atomic mass is 9.92. The van der Waals surface area contributed by atoms with E-state index in [4.69, 9.17) is 14.5 Å². The number of methoxy groups -OCH3 is 1. The van der Waals surface area contributed by atoms with Crippen molar-refractivity contribution in [2.75, 3.05) is 25.6 Å². The monoisotopic (exact) mass is 545 g/mol. The molecule has 1 unspecified atom stereocenters. The van der Waals surface area contributed by atoms with E-state index in [2.05, 4.69) is 24.1 Å². The van der Waals surface area contributed by atoms with Crippen molar-refractivity contribution in [3.8, 4) is 0 Å². The zero-order chi connectivity index (χ0) is 28.1. The molecule has 11 heteroatoms. The third-order valence-corrected chi connectivity index (χ3v) is 8.04. The summed E-state index contributed by atoms with van der Waals surface area (Å²) in [7, 11) is 1.56. The Balaban J connectivity index is 1.54. The van der Waals surface area contributed by atoms with E-state index in [9.17, 15) is 18.0 Å². The molecule has 1 N–H and O–H groups in total. The highest BCUT2D eigenvalue weighted by Gasteiger charge is 2.45. The van der Waals surface area contributed by atoms with Crippen LogP contribution in [0.3, 0.4) is 0 Å². The van der Waals surface area contributed by atoms with Gasteiger partial charge in [0.05, 0.1) is 36.6 Å². The molecule has 2 aromatic heterocycles. The lowest BCUT2D eigenvalue weighted by Gasteiger charge is -2.37. The first-order valence-electron chi connectivity index (χ1n) is 13.2. The van der Waals surface area contributed by atoms with E-state index in [-0.39, 0.29) is 17.4 Å². The van der Waals surface area contributed by atoms with E-state index in [1.54, 1.807) is 24.3 Å². The lowest BCUT2D eigenvalue weighted by molar-refractivity contribution is -0.167. The maximum atomic E-state index is 13.8. The number of alkyl halides is 3. The molecular weight excluding hydrogens is 511 g/mol. The Morgan fingerprint density at radius 3 is 2.54 bits per heavy atom. The minimum atomic E-state index is -4.44. The molecule has 2 aliphatic heterocycles. The first-order valence-corrected chi connectivity index (χ1v) is 13.2. The summed E-state index contributed by atoms with van der Waals surface area (Å²) in [6, 6.07) is 3.73. The van der Waals surface area contributed by atoms with Crippen LogP contribution in [-0.2, 0) is 33.5 Å². The van der Waals surface area contributed by atoms with Crippen LogP contribution in [0.5, 0.6) is 0 Å². The molecule has 5 rings (SSSR count). The molecule has 1 saturated heterocycles. The number of aromatic nitrogens is 3. The molecule has 2 aliphatic rings. The molecule has 0 bridgehead atoms. The highest BCUT2D eigenvalue weighted by molar-refractivity contribution is 5.86. The molecule has 0 spiro atoms. The van der Waals surface area contributed by atoms with Crippen LogP contribution in [0.1, 0.15) is 79.2 Å². The molecule has 1 fully saturated rings. The molecule has 210 valence electrons. The van der Waals surface area contributed by atoms with Gasteiger partial charge in [-0.25, -0.2) is 4.98 Å². The number of halogens is 3. The number of imidazole rings is 1. The van der Waals surface area contributed by atoms with Crippen molar-refractivity contribution in [3.63, 3.8) is 0 Å². The van der Waals surface area contributed by atoms with Crippen LogP contribution >= 0.6 is 0 Å². The van der Waals surface area contributed by atoms with Gasteiger partial charge in [0, 0.05) is 44.4 Å². The Morgan fingerprint density at radius 2 is 1.90 bits per heavy atom. The highest BCUT2D eigenvalue weighted by atomic mass is 19.4. The Bertz CT molecular complexity index is 1400. The number of anilines is 1. The second-order valence-corrected chi connectivity index (χ2v) is 10.7. The van der Waals surface area contributed by atoms with Crippen LogP contribution in [0.15, 0.2) is 24.4 Å². The zero-order valence-corrected chi connectivity index (χ0v) is 22.9. The van der Waals surface area contributed by atoms with Gasteiger partial charge in [-0.3, -0.25) is 9.20 Å². The first-order chi connectivity index (χ1) is 18.5. The number of amides is 1. The number of ether oxygens (including phenoxy) is 2. The largest absolute Gasteiger partial charge is 0.416 e. The normalized spacial score (nSPS) is 18.0. The minimum absolute atomic E-state index is 0.100. The van der Waals surface area contributed by atoms with Crippen LogP contribution in [0.25, 0.3) is 5.78 Å². The summed E-state index contributed by atoms with van der Waals surface area (Å²) < 4.78 is 54.0. The smallest absolute Gasteiger partial charge is 0.381 e. The van der Waals surface area contributed by atoms with E-state index in [0.29, 0.717) is 56.3 Å². The van der Waals surface area contributed by atoms with Gasteiger partial charge in [0.2, 0.25) is 5.78 Å². The molecule has 0 aliphatic carbocycles. The molecule has 39 heavy (non-hydrogen) atoms. The fraction of sp³-hybridized carbons (Fsp3) is 0.536. The average Bonchev–Trinajstić information content (AvgIpc) is 3.53. The van der Waals surface area contributed by atoms with Gasteiger partial charge in [-0.1, -0.05) is 26.0 Å². The molecule has 4 heterocycles. The number of rotatable bonds is 6. The van der Waals surface area contributed by atoms with Gasteiger partial charge >= 0.3 is 6.18 Å². The average molecular weight is 546 g/mol. The van der Waals surface area contributed by atoms with Gasteiger partial charge in [-0.2, -0.15) is 18.2 Å². The number of fused-ring (bicyclic) bond motifs is 3. The van der Waals surface area contributed by atoms with Crippen LogP contribution in [-0.4, -0.2) is 51.1 Å². The third kappa shape index (κ3) is 4.75. The third-order valence-electron chi connectivity index (χ3n) is 8.04. The Labute approximate surface area is 225 Å². The summed E-state index contributed by atoms with van der Waals surface area (Å²) >= 11 is 0. The van der Waals surface area contributed by atoms with Crippen LogP contribution in [0, 0.1) is 6.92 Å². The SMILES string of the molecule is COC1(C(=O)N2Cc3c(NC(C)c4cccc(C(F)(F)F)c4C)nc4ncc(C(C)C)n4c3C2)CCOCC1. The van der Waals surface area contributed by atoms with Crippen molar-refractivity contribution >= 4 is 17.5 Å². The van der Waals surface area contributed by atoms with Crippen LogP contribution in [0.4, 0.5) is 19.0 Å². The standard InChI is InChI=1S/C28H34F3N5O3/c1-16(2)22-13-32-26-34-24(33-18(4)19-7-6-8-21(17(19)3)28(29,30)31)20-14-35(15-23(20)36(22)26)25(37)27(38-5)9-11-39-12-10-27/h6-8,13,16,18H,9-12,14-15H2,1-5H3,(H,32,33,34). The highest BCUT2D eigenvalue weighted by Crippen LogP contribution is 2.38. The second-order valence-electron chi connectivity index (χ2n) is 10.7. The first kappa shape index (κ1) is 27.4. The molecule has 0 radical (unpaired) electrons. The number of nitrogens with zero attached hydrogens (tertiary/aromatic N) is 4. The Morgan fingerprint density at radius 1 is 1.18 bits per heavy atom. The predicted molar refractivity (Wildman–Crippen MR) is 139 cm³/mol. The second kappa shape index (κ2) is 10.1. The summed E-state index contributed by atoms with van der Waals surface area (Å²) in [5.41, 5.74) is 1.79. The molecule has 1 amide bonds. The number of carbonyl (C=O) groups is 1. The number of hydrogen-bond donors (Lipinski definition) is 1. The number of nitrogens with one attached hydrogen (secondary N) is 1. The Kier molecular flexibility index (Phi) is 7.09. The minimum Gasteiger partial charge on any atom is -0.381 e. The lowest BCUT2D eigenvalue weighted by Crippen LogP contribution is -2.51. The molecular formula is C28H34F3N5O3. The molecule has 1 atom stereocenters. The maximum absolute atomic E-state index is 13.8. The van der Waals surface area contributed by atoms with Crippen LogP contribution < -0.4 is 5.32 Å². The molecule has 1 aromatic carbocycles. The topological polar surface area (TPSA) is 81.0 Å². The predicted octanol–water partition coefficient (Wildman–Crippen LogP) is 5.39. The van der Waals surface area contributed by atoms with E-state index < -0.39 is 23.4 Å². The van der Waals surface area contributed by atoms with E-state index >= 15 is 0 Å². The zero-order valence-electron chi connectivity index (χ0n) is 22.9. The van der Waals surface area contributed by atoms with Crippen molar-refractivity contribution in [3.05, 3.63) is 58.0 Å². The molecule has 8 nitrogen and oxygen atoms in total. The summed E-state index contributed by atoms with van der Waals surface area (Å²) in [4.78, 5) is 24.9. The molecule has 0 saturated carbocycles. The van der Waals surface area contributed by atoms with Gasteiger partial charge in [-0.05, 0) is 37.0 Å². The molecule has 3 aromatic rings. The number of benzene rings is 1. The van der Waals surface area contributed by atoms with Crippen LogP contribution in [0.2, 0.25) is 0 Å². The van der Waals surface area contributed by atoms with Crippen molar-refractivity contribution in [2.45, 2.75) is 77.4 Å². The van der Waals surface area contributed by atoms with Crippen molar-refractivity contribution < 1.29 is 27.4 Å². The summed E-state index contributed by atoms with van der Waals surface area (Å²) in [6.07, 6.45) is -1.70. The number of hydrogen-bond acceptors (Lipinski definition) is 6. The van der Waals surface area contributed by atoms with Crippen molar-refractivity contribution in [1.82, 2.24) is 19.3 Å². The van der Waals surface area contributed by atoms with E-state index in [0.717, 1.165) is 23.0 Å². The van der Waals surface area contributed by atoms with Gasteiger partial charge in [0.25, 0.3) is 5.91 Å². The van der Waals surface area contributed by atoms with Gasteiger partial charge in [0.15, 0.2) is 5.60 Å². The number of carbonyl (C=O) groups excluding carboxylic acids is 1. The van der Waals surface area contributed by atoms with Gasteiger partial charge in [0.1, 0.15) is 5.82 Å². The van der Waals surface area contributed by atoms with Gasteiger partial charge < -0.3 is 19.7 Å². The summed E-state index contributed by atoms with van der Waals surface area (Å²) in [6.45, 7) is 8.99. The van der Waals surface area contributed by atoms with E-state index in [1.165, 1.54) is 13.0 Å².